The minimum Gasteiger partial charge on any atom is -0.396 e. The molecular weight excluding hydrogens is 566 g/mol. The maximum Gasteiger partial charge on any atom is 0.253 e. The van der Waals surface area contributed by atoms with E-state index in [1.807, 2.05) is 79.7 Å². The van der Waals surface area contributed by atoms with E-state index in [2.05, 4.69) is 13.2 Å². The summed E-state index contributed by atoms with van der Waals surface area (Å²) in [7, 11) is 0. The van der Waals surface area contributed by atoms with E-state index in [0.29, 0.717) is 37.1 Å². The maximum absolute atomic E-state index is 14.9. The van der Waals surface area contributed by atoms with E-state index in [0.717, 1.165) is 10.8 Å². The SMILES string of the molecule is C=CCN(C(=O)C1N(CCCO)C(=O)[C@@H]2[C@H](C(=O)N(CC=C)c3ccccc3)[C@]3(CC)CCC12O3)c1ccc2ccccc2c1. The highest BCUT2D eigenvalue weighted by Crippen LogP contribution is 2.64. The Hall–Kier alpha value is -4.27. The number of hydrogen-bond acceptors (Lipinski definition) is 5. The molecule has 6 rings (SSSR count). The molecule has 3 saturated heterocycles. The Morgan fingerprint density at radius 1 is 0.933 bits per heavy atom. The molecule has 3 aliphatic rings. The van der Waals surface area contributed by atoms with Crippen LogP contribution in [0.25, 0.3) is 10.8 Å². The molecule has 234 valence electrons. The second-order valence-corrected chi connectivity index (χ2v) is 12.3. The van der Waals surface area contributed by atoms with Crippen molar-refractivity contribution in [3.05, 3.63) is 98.1 Å². The topological polar surface area (TPSA) is 90.4 Å². The number of ether oxygens (including phenoxy) is 1. The van der Waals surface area contributed by atoms with Gasteiger partial charge in [0.05, 0.1) is 17.4 Å². The molecule has 2 unspecified atom stereocenters. The lowest BCUT2D eigenvalue weighted by atomic mass is 9.64. The lowest BCUT2D eigenvalue weighted by Gasteiger charge is -2.37. The van der Waals surface area contributed by atoms with Crippen LogP contribution in [0, 0.1) is 11.8 Å². The fourth-order valence-corrected chi connectivity index (χ4v) is 8.03. The zero-order valence-electron chi connectivity index (χ0n) is 25.8. The van der Waals surface area contributed by atoms with Crippen LogP contribution in [0.15, 0.2) is 98.1 Å². The summed E-state index contributed by atoms with van der Waals surface area (Å²) >= 11 is 0. The van der Waals surface area contributed by atoms with E-state index in [1.54, 1.807) is 26.9 Å². The van der Waals surface area contributed by atoms with Crippen LogP contribution >= 0.6 is 0 Å². The molecule has 8 nitrogen and oxygen atoms in total. The lowest BCUT2D eigenvalue weighted by molar-refractivity contribution is -0.146. The summed E-state index contributed by atoms with van der Waals surface area (Å²) in [6.45, 7) is 10.4. The van der Waals surface area contributed by atoms with Crippen LogP contribution in [-0.4, -0.2) is 71.2 Å². The predicted molar refractivity (Wildman–Crippen MR) is 176 cm³/mol. The second kappa shape index (κ2) is 12.3. The van der Waals surface area contributed by atoms with E-state index in [9.17, 15) is 19.5 Å². The van der Waals surface area contributed by atoms with Crippen molar-refractivity contribution in [3.63, 3.8) is 0 Å². The first-order chi connectivity index (χ1) is 21.9. The first-order valence-corrected chi connectivity index (χ1v) is 15.9. The minimum atomic E-state index is -1.17. The molecule has 3 aromatic carbocycles. The van der Waals surface area contributed by atoms with E-state index in [-0.39, 0.29) is 44.0 Å². The maximum atomic E-state index is 14.9. The summed E-state index contributed by atoms with van der Waals surface area (Å²) in [6.07, 6.45) is 5.25. The van der Waals surface area contributed by atoms with E-state index >= 15 is 0 Å². The molecule has 5 atom stereocenters. The number of hydrogen-bond donors (Lipinski definition) is 1. The van der Waals surface area contributed by atoms with Gasteiger partial charge in [-0.05, 0) is 60.7 Å². The number of rotatable bonds is 12. The molecule has 3 aromatic rings. The summed E-state index contributed by atoms with van der Waals surface area (Å²) in [4.78, 5) is 49.0. The van der Waals surface area contributed by atoms with E-state index in [4.69, 9.17) is 4.74 Å². The van der Waals surface area contributed by atoms with Crippen molar-refractivity contribution in [1.29, 1.82) is 0 Å². The summed E-state index contributed by atoms with van der Waals surface area (Å²) in [5.74, 6) is -2.34. The van der Waals surface area contributed by atoms with Gasteiger partial charge in [-0.1, -0.05) is 67.6 Å². The largest absolute Gasteiger partial charge is 0.396 e. The van der Waals surface area contributed by atoms with Gasteiger partial charge in [-0.15, -0.1) is 13.2 Å². The van der Waals surface area contributed by atoms with Gasteiger partial charge in [0.1, 0.15) is 11.6 Å². The molecule has 3 amide bonds. The van der Waals surface area contributed by atoms with Crippen molar-refractivity contribution in [3.8, 4) is 0 Å². The zero-order valence-corrected chi connectivity index (χ0v) is 25.8. The van der Waals surface area contributed by atoms with Gasteiger partial charge in [-0.25, -0.2) is 0 Å². The van der Waals surface area contributed by atoms with Crippen molar-refractivity contribution in [2.75, 3.05) is 36.0 Å². The highest BCUT2D eigenvalue weighted by molar-refractivity contribution is 6.07. The standard InChI is InChI=1S/C37H41N3O5/c1-4-21-38(28-15-8-7-9-16-28)33(42)30-31-34(43)40(23-12-24-41)32(37(31)20-19-36(30,6-3)45-37)35(44)39(22-5-2)29-18-17-26-13-10-11-14-27(26)25-29/h4-5,7-11,13-18,25,30-32,41H,1-2,6,12,19-24H2,3H3/t30-,31+,32?,36+,37?/m1/s1. The third-order valence-electron chi connectivity index (χ3n) is 10.0. The average molecular weight is 608 g/mol. The molecule has 0 aliphatic carbocycles. The predicted octanol–water partition coefficient (Wildman–Crippen LogP) is 5.12. The van der Waals surface area contributed by atoms with Crippen LogP contribution in [0.2, 0.25) is 0 Å². The van der Waals surface area contributed by atoms with Gasteiger partial charge in [0.25, 0.3) is 5.91 Å². The molecular formula is C37H41N3O5. The number of likely N-dealkylation sites (tertiary alicyclic amines) is 1. The highest BCUT2D eigenvalue weighted by Gasteiger charge is 2.79. The van der Waals surface area contributed by atoms with Gasteiger partial charge in [0.15, 0.2) is 0 Å². The highest BCUT2D eigenvalue weighted by atomic mass is 16.5. The summed E-state index contributed by atoms with van der Waals surface area (Å²) in [5, 5.41) is 11.8. The molecule has 0 radical (unpaired) electrons. The third-order valence-corrected chi connectivity index (χ3v) is 10.0. The van der Waals surface area contributed by atoms with Crippen LogP contribution in [-0.2, 0) is 19.1 Å². The van der Waals surface area contributed by atoms with Crippen molar-refractivity contribution in [2.45, 2.75) is 49.9 Å². The smallest absolute Gasteiger partial charge is 0.253 e. The fraction of sp³-hybridized carbons (Fsp3) is 0.378. The van der Waals surface area contributed by atoms with E-state index < -0.39 is 29.1 Å². The number of anilines is 2. The number of aliphatic hydroxyl groups is 1. The third kappa shape index (κ3) is 4.87. The van der Waals surface area contributed by atoms with Crippen molar-refractivity contribution >= 4 is 39.9 Å². The average Bonchev–Trinajstić information content (AvgIpc) is 3.68. The Labute approximate surface area is 264 Å². The number of para-hydroxylation sites is 1. The number of carbonyl (C=O) groups excluding carboxylic acids is 3. The number of benzene rings is 3. The number of nitrogens with zero attached hydrogens (tertiary/aromatic N) is 3. The van der Waals surface area contributed by atoms with Gasteiger partial charge >= 0.3 is 0 Å². The summed E-state index contributed by atoms with van der Waals surface area (Å²) in [5.41, 5.74) is -0.639. The van der Waals surface area contributed by atoms with Gasteiger partial charge in [-0.2, -0.15) is 0 Å². The molecule has 1 spiro atoms. The molecule has 3 fully saturated rings. The second-order valence-electron chi connectivity index (χ2n) is 12.3. The van der Waals surface area contributed by atoms with Crippen LogP contribution in [0.3, 0.4) is 0 Å². The van der Waals surface area contributed by atoms with Crippen molar-refractivity contribution in [1.82, 2.24) is 4.90 Å². The summed E-state index contributed by atoms with van der Waals surface area (Å²) < 4.78 is 7.00. The molecule has 1 N–H and O–H groups in total. The number of fused-ring (bicyclic) bond motifs is 2. The molecule has 3 aliphatic heterocycles. The monoisotopic (exact) mass is 607 g/mol. The first kappa shape index (κ1) is 30.7. The minimum absolute atomic E-state index is 0.132. The zero-order chi connectivity index (χ0) is 31.8. The molecule has 0 aromatic heterocycles. The summed E-state index contributed by atoms with van der Waals surface area (Å²) in [6, 6.07) is 22.2. The Balaban J connectivity index is 1.44. The van der Waals surface area contributed by atoms with Crippen LogP contribution in [0.5, 0.6) is 0 Å². The normalized spacial score (nSPS) is 26.6. The first-order valence-electron chi connectivity index (χ1n) is 15.9. The fourth-order valence-electron chi connectivity index (χ4n) is 8.03. The molecule has 3 heterocycles. The van der Waals surface area contributed by atoms with Crippen LogP contribution < -0.4 is 9.80 Å². The van der Waals surface area contributed by atoms with Crippen molar-refractivity contribution in [2.24, 2.45) is 11.8 Å². The van der Waals surface area contributed by atoms with Crippen LogP contribution in [0.1, 0.15) is 32.6 Å². The number of amides is 3. The Bertz CT molecular complexity index is 1620. The molecule has 45 heavy (non-hydrogen) atoms. The Kier molecular flexibility index (Phi) is 8.37. The Morgan fingerprint density at radius 3 is 2.27 bits per heavy atom. The van der Waals surface area contributed by atoms with Gasteiger partial charge < -0.3 is 24.5 Å². The number of aliphatic hydroxyl groups excluding tert-OH is 1. The van der Waals surface area contributed by atoms with Crippen molar-refractivity contribution < 1.29 is 24.2 Å². The van der Waals surface area contributed by atoms with Gasteiger partial charge in [-0.3, -0.25) is 14.4 Å². The Morgan fingerprint density at radius 2 is 1.60 bits per heavy atom. The molecule has 2 bridgehead atoms. The lowest BCUT2D eigenvalue weighted by Crippen LogP contribution is -2.56. The molecule has 0 saturated carbocycles. The molecule has 8 heteroatoms. The van der Waals surface area contributed by atoms with Gasteiger partial charge in [0, 0.05) is 37.6 Å². The van der Waals surface area contributed by atoms with Crippen LogP contribution in [0.4, 0.5) is 11.4 Å². The van der Waals surface area contributed by atoms with E-state index in [1.165, 1.54) is 0 Å². The number of carbonyl (C=O) groups is 3. The van der Waals surface area contributed by atoms with Gasteiger partial charge in [0.2, 0.25) is 11.8 Å². The quantitative estimate of drug-likeness (QED) is 0.289.